The van der Waals surface area contributed by atoms with Crippen molar-refractivity contribution in [3.8, 4) is 34.1 Å². The molecule has 0 bridgehead atoms. The van der Waals surface area contributed by atoms with E-state index in [0.717, 1.165) is 17.1 Å². The lowest BCUT2D eigenvalue weighted by Gasteiger charge is -2.30. The summed E-state index contributed by atoms with van der Waals surface area (Å²) in [6.45, 7) is 0. The van der Waals surface area contributed by atoms with Gasteiger partial charge in [-0.2, -0.15) is 0 Å². The first-order valence-electron chi connectivity index (χ1n) is 13.8. The van der Waals surface area contributed by atoms with E-state index in [1.807, 2.05) is 42.5 Å². The highest BCUT2D eigenvalue weighted by atomic mass is 16.6. The third kappa shape index (κ3) is 4.07. The van der Waals surface area contributed by atoms with Gasteiger partial charge in [-0.15, -0.1) is 0 Å². The molecule has 0 fully saturated rings. The molecular formula is C38H25NO2. The van der Waals surface area contributed by atoms with E-state index in [1.165, 1.54) is 32.7 Å². The first-order valence-corrected chi connectivity index (χ1v) is 13.8. The zero-order valence-corrected chi connectivity index (χ0v) is 22.2. The highest BCUT2D eigenvalue weighted by Gasteiger charge is 2.26. The Balaban J connectivity index is 1.30. The van der Waals surface area contributed by atoms with Crippen LogP contribution in [-0.2, 0) is 0 Å². The fourth-order valence-electron chi connectivity index (χ4n) is 5.71. The van der Waals surface area contributed by atoms with Crippen LogP contribution >= 0.6 is 0 Å². The van der Waals surface area contributed by atoms with E-state index >= 15 is 0 Å². The molecule has 3 heteroatoms. The normalized spacial score (nSPS) is 11.8. The Labute approximate surface area is 238 Å². The first kappa shape index (κ1) is 23.4. The molecule has 1 aliphatic rings. The molecule has 194 valence electrons. The zero-order chi connectivity index (χ0) is 27.2. The van der Waals surface area contributed by atoms with Gasteiger partial charge in [-0.05, 0) is 81.2 Å². The molecule has 0 aromatic heterocycles. The minimum Gasteiger partial charge on any atom is -0.449 e. The molecule has 1 heterocycles. The second kappa shape index (κ2) is 9.58. The van der Waals surface area contributed by atoms with Gasteiger partial charge in [0.05, 0.1) is 5.69 Å². The van der Waals surface area contributed by atoms with Crippen LogP contribution < -0.4 is 14.4 Å². The van der Waals surface area contributed by atoms with Crippen LogP contribution in [0.25, 0.3) is 32.7 Å². The van der Waals surface area contributed by atoms with Crippen LogP contribution in [0.3, 0.4) is 0 Å². The van der Waals surface area contributed by atoms with E-state index in [-0.39, 0.29) is 0 Å². The van der Waals surface area contributed by atoms with Gasteiger partial charge >= 0.3 is 0 Å². The minimum absolute atomic E-state index is 0.692. The molecule has 7 aromatic rings. The van der Waals surface area contributed by atoms with Crippen molar-refractivity contribution in [1.82, 2.24) is 0 Å². The van der Waals surface area contributed by atoms with Crippen LogP contribution in [0.4, 0.5) is 17.1 Å². The zero-order valence-electron chi connectivity index (χ0n) is 22.2. The summed E-state index contributed by atoms with van der Waals surface area (Å²) in [5, 5.41) is 4.90. The molecule has 0 unspecified atom stereocenters. The topological polar surface area (TPSA) is 21.7 Å². The average molecular weight is 528 g/mol. The van der Waals surface area contributed by atoms with Gasteiger partial charge in [-0.25, -0.2) is 0 Å². The standard InChI is InChI=1S/C38H25NO2/c1-2-9-26(10-3-1)27-19-21-30(22-20-27)39(31-23-24-33-29(25-31)18-17-28-11-4-5-12-32(28)33)34-13-8-16-37-38(34)41-36-15-7-6-14-35(36)40-37/h1-25H. The second-order valence-corrected chi connectivity index (χ2v) is 10.2. The molecule has 0 atom stereocenters. The second-order valence-electron chi connectivity index (χ2n) is 10.2. The molecule has 0 aliphatic carbocycles. The quantitative estimate of drug-likeness (QED) is 0.212. The molecule has 0 radical (unpaired) electrons. The summed E-state index contributed by atoms with van der Waals surface area (Å²) in [5.74, 6) is 2.81. The van der Waals surface area contributed by atoms with Crippen LogP contribution in [-0.4, -0.2) is 0 Å². The van der Waals surface area contributed by atoms with Crippen LogP contribution in [0.15, 0.2) is 152 Å². The number of rotatable bonds is 4. The van der Waals surface area contributed by atoms with Gasteiger partial charge in [0.25, 0.3) is 0 Å². The number of ether oxygens (including phenoxy) is 2. The number of nitrogens with zero attached hydrogens (tertiary/aromatic N) is 1. The third-order valence-corrected chi connectivity index (χ3v) is 7.70. The predicted octanol–water partition coefficient (Wildman–Crippen LogP) is 11.0. The monoisotopic (exact) mass is 527 g/mol. The highest BCUT2D eigenvalue weighted by molar-refractivity contribution is 6.08. The van der Waals surface area contributed by atoms with Crippen molar-refractivity contribution in [3.05, 3.63) is 152 Å². The van der Waals surface area contributed by atoms with Crippen LogP contribution in [0.1, 0.15) is 0 Å². The van der Waals surface area contributed by atoms with Crippen LogP contribution in [0.5, 0.6) is 23.0 Å². The number of anilines is 3. The minimum atomic E-state index is 0.692. The van der Waals surface area contributed by atoms with Crippen molar-refractivity contribution in [2.45, 2.75) is 0 Å². The van der Waals surface area contributed by atoms with E-state index in [1.54, 1.807) is 0 Å². The van der Waals surface area contributed by atoms with Gasteiger partial charge in [-0.3, -0.25) is 0 Å². The summed E-state index contributed by atoms with van der Waals surface area (Å²) in [7, 11) is 0. The fourth-order valence-corrected chi connectivity index (χ4v) is 5.71. The number of para-hydroxylation sites is 3. The van der Waals surface area contributed by atoms with Crippen molar-refractivity contribution in [1.29, 1.82) is 0 Å². The van der Waals surface area contributed by atoms with Crippen molar-refractivity contribution in [2.75, 3.05) is 4.90 Å². The Bertz CT molecular complexity index is 2050. The van der Waals surface area contributed by atoms with Gasteiger partial charge < -0.3 is 14.4 Å². The summed E-state index contributed by atoms with van der Waals surface area (Å²) in [4.78, 5) is 2.25. The largest absolute Gasteiger partial charge is 0.449 e. The van der Waals surface area contributed by atoms with Crippen molar-refractivity contribution in [2.24, 2.45) is 0 Å². The van der Waals surface area contributed by atoms with E-state index in [9.17, 15) is 0 Å². The molecule has 41 heavy (non-hydrogen) atoms. The molecule has 0 saturated carbocycles. The van der Waals surface area contributed by atoms with Gasteiger partial charge in [0.15, 0.2) is 23.0 Å². The Morgan fingerprint density at radius 1 is 0.390 bits per heavy atom. The van der Waals surface area contributed by atoms with Crippen LogP contribution in [0.2, 0.25) is 0 Å². The van der Waals surface area contributed by atoms with Crippen molar-refractivity contribution in [3.63, 3.8) is 0 Å². The lowest BCUT2D eigenvalue weighted by molar-refractivity contribution is 0.360. The molecular weight excluding hydrogens is 502 g/mol. The smallest absolute Gasteiger partial charge is 0.194 e. The van der Waals surface area contributed by atoms with Crippen LogP contribution in [0, 0.1) is 0 Å². The average Bonchev–Trinajstić information content (AvgIpc) is 3.04. The SMILES string of the molecule is c1ccc(-c2ccc(N(c3ccc4c(ccc5ccccc54)c3)c3cccc4c3Oc3ccccc3O4)cc2)cc1. The summed E-state index contributed by atoms with van der Waals surface area (Å²) in [5.41, 5.74) is 5.33. The molecule has 3 nitrogen and oxygen atoms in total. The summed E-state index contributed by atoms with van der Waals surface area (Å²) < 4.78 is 12.8. The van der Waals surface area contributed by atoms with Gasteiger partial charge in [0.2, 0.25) is 0 Å². The maximum atomic E-state index is 6.50. The maximum absolute atomic E-state index is 6.50. The van der Waals surface area contributed by atoms with E-state index in [4.69, 9.17) is 9.47 Å². The summed E-state index contributed by atoms with van der Waals surface area (Å²) >= 11 is 0. The lowest BCUT2D eigenvalue weighted by atomic mass is 10.0. The molecule has 0 spiro atoms. The lowest BCUT2D eigenvalue weighted by Crippen LogP contribution is -2.12. The van der Waals surface area contributed by atoms with Crippen molar-refractivity contribution < 1.29 is 9.47 Å². The molecule has 8 rings (SSSR count). The molecule has 7 aromatic carbocycles. The first-order chi connectivity index (χ1) is 20.3. The predicted molar refractivity (Wildman–Crippen MR) is 168 cm³/mol. The number of benzene rings is 7. The van der Waals surface area contributed by atoms with Gasteiger partial charge in [0.1, 0.15) is 0 Å². The molecule has 1 aliphatic heterocycles. The Kier molecular flexibility index (Phi) is 5.46. The number of hydrogen-bond acceptors (Lipinski definition) is 3. The Morgan fingerprint density at radius 3 is 1.88 bits per heavy atom. The molecule has 0 amide bonds. The molecule has 0 saturated heterocycles. The Morgan fingerprint density at radius 2 is 1.02 bits per heavy atom. The Hall–Kier alpha value is -5.54. The van der Waals surface area contributed by atoms with Gasteiger partial charge in [-0.1, -0.05) is 103 Å². The number of fused-ring (bicyclic) bond motifs is 5. The fraction of sp³-hybridized carbons (Fsp3) is 0. The molecule has 0 N–H and O–H groups in total. The van der Waals surface area contributed by atoms with E-state index in [2.05, 4.69) is 114 Å². The van der Waals surface area contributed by atoms with E-state index < -0.39 is 0 Å². The van der Waals surface area contributed by atoms with E-state index in [0.29, 0.717) is 23.0 Å². The summed E-state index contributed by atoms with van der Waals surface area (Å²) in [6.07, 6.45) is 0. The highest BCUT2D eigenvalue weighted by Crippen LogP contribution is 2.52. The number of hydrogen-bond donors (Lipinski definition) is 0. The van der Waals surface area contributed by atoms with Gasteiger partial charge in [0, 0.05) is 11.4 Å². The van der Waals surface area contributed by atoms with Crippen molar-refractivity contribution >= 4 is 38.6 Å². The third-order valence-electron chi connectivity index (χ3n) is 7.70. The summed E-state index contributed by atoms with van der Waals surface area (Å²) in [6, 6.07) is 52.6. The maximum Gasteiger partial charge on any atom is 0.194 e.